The Morgan fingerprint density at radius 1 is 0.350 bits per heavy atom. The van der Waals surface area contributed by atoms with Gasteiger partial charge in [-0.1, -0.05) is 229 Å². The fraction of sp³-hybridized carbons (Fsp3) is 0.722. The van der Waals surface area contributed by atoms with Gasteiger partial charge in [0.25, 0.3) is 0 Å². The van der Waals surface area contributed by atoms with Gasteiger partial charge in [0.15, 0.2) is 6.10 Å². The number of carbonyl (C=O) groups excluding carboxylic acids is 3. The first-order valence-electron chi connectivity index (χ1n) is 25.0. The van der Waals surface area contributed by atoms with Crippen LogP contribution in [-0.4, -0.2) is 37.2 Å². The van der Waals surface area contributed by atoms with Crippen molar-refractivity contribution in [3.05, 3.63) is 72.9 Å². The number of unbranched alkanes of at least 4 members (excludes halogenated alkanes) is 25. The Morgan fingerprint density at radius 2 is 0.650 bits per heavy atom. The lowest BCUT2D eigenvalue weighted by Gasteiger charge is -2.18. The highest BCUT2D eigenvalue weighted by molar-refractivity contribution is 5.71. The molecule has 1 unspecified atom stereocenters. The van der Waals surface area contributed by atoms with Crippen molar-refractivity contribution in [2.45, 2.75) is 239 Å². The molecule has 0 fully saturated rings. The summed E-state index contributed by atoms with van der Waals surface area (Å²) in [4.78, 5) is 37.9. The summed E-state index contributed by atoms with van der Waals surface area (Å²) >= 11 is 0. The minimum Gasteiger partial charge on any atom is -0.462 e. The molecule has 344 valence electrons. The van der Waals surface area contributed by atoms with Crippen LogP contribution in [0, 0.1) is 0 Å². The van der Waals surface area contributed by atoms with Crippen molar-refractivity contribution < 1.29 is 28.6 Å². The number of hydrogen-bond donors (Lipinski definition) is 0. The molecule has 0 amide bonds. The zero-order valence-corrected chi connectivity index (χ0v) is 39.2. The monoisotopic (exact) mass is 837 g/mol. The molecule has 1 atom stereocenters. The Bertz CT molecular complexity index is 1140. The number of ether oxygens (including phenoxy) is 3. The van der Waals surface area contributed by atoms with Gasteiger partial charge < -0.3 is 14.2 Å². The first-order chi connectivity index (χ1) is 29.5. The summed E-state index contributed by atoms with van der Waals surface area (Å²) in [5.74, 6) is -0.930. The number of hydrogen-bond acceptors (Lipinski definition) is 6. The normalized spacial score (nSPS) is 12.7. The van der Waals surface area contributed by atoms with E-state index in [-0.39, 0.29) is 31.1 Å². The molecule has 0 rings (SSSR count). The van der Waals surface area contributed by atoms with E-state index in [4.69, 9.17) is 14.2 Å². The topological polar surface area (TPSA) is 78.9 Å². The van der Waals surface area contributed by atoms with Crippen molar-refractivity contribution in [1.29, 1.82) is 0 Å². The summed E-state index contributed by atoms with van der Waals surface area (Å²) in [5, 5.41) is 0. The van der Waals surface area contributed by atoms with E-state index >= 15 is 0 Å². The Morgan fingerprint density at radius 3 is 1.00 bits per heavy atom. The molecule has 0 aliphatic heterocycles. The smallest absolute Gasteiger partial charge is 0.306 e. The lowest BCUT2D eigenvalue weighted by Crippen LogP contribution is -2.30. The van der Waals surface area contributed by atoms with Gasteiger partial charge in [-0.25, -0.2) is 0 Å². The van der Waals surface area contributed by atoms with Crippen LogP contribution in [0.4, 0.5) is 0 Å². The van der Waals surface area contributed by atoms with Crippen molar-refractivity contribution in [3.63, 3.8) is 0 Å². The predicted molar refractivity (Wildman–Crippen MR) is 256 cm³/mol. The van der Waals surface area contributed by atoms with Crippen LogP contribution < -0.4 is 0 Å². The molecule has 60 heavy (non-hydrogen) atoms. The average molecular weight is 837 g/mol. The second-order valence-corrected chi connectivity index (χ2v) is 16.4. The third-order valence-electron chi connectivity index (χ3n) is 10.6. The summed E-state index contributed by atoms with van der Waals surface area (Å²) in [6, 6.07) is 0. The standard InChI is InChI=1S/C54H92O6/c1-4-7-10-13-16-19-22-25-26-27-30-32-35-38-41-44-47-53(56)59-50-51(60-54(57)48-45-42-39-36-33-29-24-21-18-15-12-9-6-3)49-58-52(55)46-43-40-37-34-31-28-23-20-17-14-11-8-5-2/h8-9,11-12,14-15,17-18,20-21,23-24,51H,4-7,10,13,16,19,22,25-50H2,1-3H3/b11-8-,12-9-,17-14-,18-15-,23-20-,24-21-. The molecule has 0 aromatic rings. The molecular weight excluding hydrogens is 745 g/mol. The fourth-order valence-electron chi connectivity index (χ4n) is 6.85. The van der Waals surface area contributed by atoms with E-state index in [2.05, 4.69) is 93.7 Å². The highest BCUT2D eigenvalue weighted by Gasteiger charge is 2.19. The zero-order valence-electron chi connectivity index (χ0n) is 39.2. The van der Waals surface area contributed by atoms with E-state index < -0.39 is 6.10 Å². The number of rotatable bonds is 44. The van der Waals surface area contributed by atoms with Gasteiger partial charge in [0.1, 0.15) is 13.2 Å². The van der Waals surface area contributed by atoms with Crippen LogP contribution in [-0.2, 0) is 28.6 Å². The van der Waals surface area contributed by atoms with E-state index in [0.29, 0.717) is 19.3 Å². The first kappa shape index (κ1) is 56.9. The number of carbonyl (C=O) groups is 3. The van der Waals surface area contributed by atoms with Gasteiger partial charge in [-0.05, 0) is 57.8 Å². The van der Waals surface area contributed by atoms with Crippen LogP contribution in [0.2, 0.25) is 0 Å². The third-order valence-corrected chi connectivity index (χ3v) is 10.6. The lowest BCUT2D eigenvalue weighted by molar-refractivity contribution is -0.167. The number of esters is 3. The van der Waals surface area contributed by atoms with E-state index in [1.165, 1.54) is 83.5 Å². The van der Waals surface area contributed by atoms with E-state index in [9.17, 15) is 14.4 Å². The lowest BCUT2D eigenvalue weighted by atomic mass is 10.0. The quantitative estimate of drug-likeness (QED) is 0.0263. The maximum atomic E-state index is 12.8. The van der Waals surface area contributed by atoms with Gasteiger partial charge in [0, 0.05) is 19.3 Å². The largest absolute Gasteiger partial charge is 0.462 e. The summed E-state index contributed by atoms with van der Waals surface area (Å²) < 4.78 is 16.7. The van der Waals surface area contributed by atoms with Gasteiger partial charge in [-0.2, -0.15) is 0 Å². The van der Waals surface area contributed by atoms with Crippen molar-refractivity contribution in [2.75, 3.05) is 13.2 Å². The van der Waals surface area contributed by atoms with Gasteiger partial charge in [0.05, 0.1) is 0 Å². The highest BCUT2D eigenvalue weighted by Crippen LogP contribution is 2.15. The minimum atomic E-state index is -0.792. The molecule has 0 radical (unpaired) electrons. The Balaban J connectivity index is 4.41. The summed E-state index contributed by atoms with van der Waals surface area (Å²) in [6.07, 6.45) is 60.3. The molecule has 0 aliphatic rings. The molecule has 0 heterocycles. The van der Waals surface area contributed by atoms with E-state index in [1.54, 1.807) is 0 Å². The van der Waals surface area contributed by atoms with Gasteiger partial charge >= 0.3 is 17.9 Å². The van der Waals surface area contributed by atoms with Crippen LogP contribution in [0.5, 0.6) is 0 Å². The molecule has 0 aromatic heterocycles. The van der Waals surface area contributed by atoms with Crippen molar-refractivity contribution in [2.24, 2.45) is 0 Å². The van der Waals surface area contributed by atoms with Gasteiger partial charge in [-0.3, -0.25) is 14.4 Å². The summed E-state index contributed by atoms with van der Waals surface area (Å²) in [7, 11) is 0. The van der Waals surface area contributed by atoms with E-state index in [0.717, 1.165) is 109 Å². The van der Waals surface area contributed by atoms with Crippen LogP contribution in [0.15, 0.2) is 72.9 Å². The molecule has 0 aromatic carbocycles. The maximum absolute atomic E-state index is 12.8. The van der Waals surface area contributed by atoms with Crippen molar-refractivity contribution in [3.8, 4) is 0 Å². The molecule has 0 N–H and O–H groups in total. The van der Waals surface area contributed by atoms with E-state index in [1.807, 2.05) is 0 Å². The van der Waals surface area contributed by atoms with Crippen LogP contribution in [0.1, 0.15) is 233 Å². The summed E-state index contributed by atoms with van der Waals surface area (Å²) in [6.45, 7) is 6.34. The van der Waals surface area contributed by atoms with Gasteiger partial charge in [0.2, 0.25) is 0 Å². The van der Waals surface area contributed by atoms with Crippen molar-refractivity contribution >= 4 is 17.9 Å². The molecule has 0 bridgehead atoms. The molecule has 0 spiro atoms. The Hall–Kier alpha value is -3.15. The van der Waals surface area contributed by atoms with Crippen LogP contribution >= 0.6 is 0 Å². The second kappa shape index (κ2) is 48.5. The molecule has 0 aliphatic carbocycles. The molecule has 6 heteroatoms. The predicted octanol–water partition coefficient (Wildman–Crippen LogP) is 16.3. The molecule has 0 saturated heterocycles. The molecular formula is C54H92O6. The molecule has 0 saturated carbocycles. The Labute approximate surface area is 370 Å². The zero-order chi connectivity index (χ0) is 43.7. The summed E-state index contributed by atoms with van der Waals surface area (Å²) in [5.41, 5.74) is 0. The average Bonchev–Trinajstić information content (AvgIpc) is 3.24. The maximum Gasteiger partial charge on any atom is 0.306 e. The Kier molecular flexibility index (Phi) is 46.0. The van der Waals surface area contributed by atoms with Crippen LogP contribution in [0.3, 0.4) is 0 Å². The third kappa shape index (κ3) is 45.9. The van der Waals surface area contributed by atoms with Crippen molar-refractivity contribution in [1.82, 2.24) is 0 Å². The molecule has 6 nitrogen and oxygen atoms in total. The highest BCUT2D eigenvalue weighted by atomic mass is 16.6. The SMILES string of the molecule is CC\C=C/C=C\C=C/CCCCCCCC(=O)OCC(COC(=O)CCCCCCCCCCCCCCCCCC)OC(=O)CCCCCCC\C=C/C=C\C=C/CC. The minimum absolute atomic E-state index is 0.0893. The number of allylic oxidation sites excluding steroid dienone is 12. The van der Waals surface area contributed by atoms with Crippen LogP contribution in [0.25, 0.3) is 0 Å². The van der Waals surface area contributed by atoms with Gasteiger partial charge in [-0.15, -0.1) is 0 Å². The first-order valence-corrected chi connectivity index (χ1v) is 25.0. The second-order valence-electron chi connectivity index (χ2n) is 16.4. The fourth-order valence-corrected chi connectivity index (χ4v) is 6.85.